The Labute approximate surface area is 123 Å². The maximum Gasteiger partial charge on any atom is 0.108 e. The Hall–Kier alpha value is -0.543. The van der Waals surface area contributed by atoms with Crippen LogP contribution in [0.5, 0.6) is 0 Å². The third-order valence-corrected chi connectivity index (χ3v) is 7.41. The molecule has 106 valence electrons. The van der Waals surface area contributed by atoms with Crippen LogP contribution in [0.4, 0.5) is 0 Å². The summed E-state index contributed by atoms with van der Waals surface area (Å²) < 4.78 is 0. The van der Waals surface area contributed by atoms with Crippen LogP contribution in [0.2, 0.25) is 19.6 Å². The summed E-state index contributed by atoms with van der Waals surface area (Å²) in [5.41, 5.74) is 2.51. The van der Waals surface area contributed by atoms with Gasteiger partial charge in [0.05, 0.1) is 0 Å². The summed E-state index contributed by atoms with van der Waals surface area (Å²) in [6, 6.07) is 8.49. The molecule has 0 spiro atoms. The summed E-state index contributed by atoms with van der Waals surface area (Å²) in [5.74, 6) is 0. The van der Waals surface area contributed by atoms with Crippen LogP contribution in [0.3, 0.4) is 0 Å². The van der Waals surface area contributed by atoms with Gasteiger partial charge in [-0.2, -0.15) is 11.2 Å². The van der Waals surface area contributed by atoms with Crippen LogP contribution in [0.25, 0.3) is 0 Å². The van der Waals surface area contributed by atoms with Crippen molar-refractivity contribution in [2.24, 2.45) is 4.99 Å². The summed E-state index contributed by atoms with van der Waals surface area (Å²) in [7, 11) is -0.969. The zero-order valence-corrected chi connectivity index (χ0v) is 14.8. The quantitative estimate of drug-likeness (QED) is 0.385. The molecule has 1 nitrogen and oxygen atoms in total. The van der Waals surface area contributed by atoms with Crippen molar-refractivity contribution in [3.8, 4) is 0 Å². The van der Waals surface area contributed by atoms with Crippen molar-refractivity contribution in [3.63, 3.8) is 0 Å². The number of rotatable bonds is 7. The second kappa shape index (κ2) is 7.90. The van der Waals surface area contributed by atoms with Crippen LogP contribution < -0.4 is 0 Å². The van der Waals surface area contributed by atoms with Crippen molar-refractivity contribution in [1.82, 2.24) is 0 Å². The fraction of sp³-hybridized carbons (Fsp3) is 0.562. The zero-order chi connectivity index (χ0) is 14.3. The molecule has 0 radical (unpaired) electrons. The Morgan fingerprint density at radius 2 is 2.05 bits per heavy atom. The van der Waals surface area contributed by atoms with Crippen LogP contribution in [0.1, 0.15) is 30.9 Å². The van der Waals surface area contributed by atoms with Gasteiger partial charge in [0.1, 0.15) is 7.22 Å². The first-order valence-corrected chi connectivity index (χ1v) is 12.2. The van der Waals surface area contributed by atoms with Crippen molar-refractivity contribution in [3.05, 3.63) is 35.4 Å². The molecule has 1 rings (SSSR count). The molecule has 0 fully saturated rings. The van der Waals surface area contributed by atoms with Crippen molar-refractivity contribution in [2.75, 3.05) is 6.54 Å². The fourth-order valence-electron chi connectivity index (χ4n) is 2.05. The molecule has 1 aromatic rings. The Morgan fingerprint density at radius 3 is 2.68 bits per heavy atom. The van der Waals surface area contributed by atoms with Crippen LogP contribution >= 0.6 is 11.2 Å². The lowest BCUT2D eigenvalue weighted by Crippen LogP contribution is -2.18. The molecule has 0 N–H and O–H groups in total. The van der Waals surface area contributed by atoms with E-state index in [2.05, 4.69) is 74.0 Å². The van der Waals surface area contributed by atoms with Crippen molar-refractivity contribution in [1.29, 1.82) is 0 Å². The third-order valence-electron chi connectivity index (χ3n) is 2.74. The highest BCUT2D eigenvalue weighted by atomic mass is 32.4. The molecule has 0 aliphatic rings. The van der Waals surface area contributed by atoms with Crippen molar-refractivity contribution >= 4 is 24.6 Å². The molecule has 1 atom stereocenters. The van der Waals surface area contributed by atoms with E-state index in [4.69, 9.17) is 0 Å². The van der Waals surface area contributed by atoms with E-state index in [1.54, 1.807) is 0 Å². The normalized spacial score (nSPS) is 13.9. The van der Waals surface area contributed by atoms with Crippen LogP contribution in [-0.2, 0) is 0 Å². The number of hydrogen-bond acceptors (Lipinski definition) is 2. The van der Waals surface area contributed by atoms with Gasteiger partial charge in [-0.25, -0.2) is 0 Å². The Bertz CT molecular complexity index is 409. The van der Waals surface area contributed by atoms with E-state index in [9.17, 15) is 0 Å². The first kappa shape index (κ1) is 16.5. The molecule has 0 saturated carbocycles. The summed E-state index contributed by atoms with van der Waals surface area (Å²) in [4.78, 5) is 4.53. The van der Waals surface area contributed by atoms with Gasteiger partial charge >= 0.3 is 0 Å². The largest absolute Gasteiger partial charge is 0.293 e. The lowest BCUT2D eigenvalue weighted by Gasteiger charge is -2.20. The van der Waals surface area contributed by atoms with E-state index in [0.29, 0.717) is 0 Å². The minimum absolute atomic E-state index is 0.779. The van der Waals surface area contributed by atoms with Crippen LogP contribution in [-0.4, -0.2) is 25.2 Å². The summed E-state index contributed by atoms with van der Waals surface area (Å²) in [6.07, 6.45) is 4.48. The second-order valence-electron chi connectivity index (χ2n) is 6.13. The molecule has 0 heterocycles. The molecule has 1 aromatic carbocycles. The lowest BCUT2D eigenvalue weighted by atomic mass is 10.1. The summed E-state index contributed by atoms with van der Waals surface area (Å²) in [5, 5.41) is 0.779. The number of hydrogen-bond donors (Lipinski definition) is 0. The predicted molar refractivity (Wildman–Crippen MR) is 93.3 cm³/mol. The Balaban J connectivity index is 2.24. The Kier molecular flexibility index (Phi) is 6.87. The molecule has 0 aliphatic heterocycles. The highest BCUT2D eigenvalue weighted by Crippen LogP contribution is 2.27. The number of aliphatic imine (C=N–C) groups is 1. The molecule has 0 aromatic heterocycles. The number of nitrogens with zero attached hydrogens (tertiary/aromatic N) is 1. The second-order valence-corrected chi connectivity index (χ2v) is 15.8. The first-order chi connectivity index (χ1) is 8.87. The monoisotopic (exact) mass is 293 g/mol. The van der Waals surface area contributed by atoms with Gasteiger partial charge in [-0.1, -0.05) is 56.4 Å². The minimum Gasteiger partial charge on any atom is -0.293 e. The van der Waals surface area contributed by atoms with E-state index in [1.165, 1.54) is 24.0 Å². The standard InChI is InChI=1S/C16H27NSSi/c1-14-8-6-10-16(12-14)13-17-11-7-9-15(2)18-19(3,4)5/h6,8,10,12-13,15H,7,9,11H2,1-5H3. The fourth-order valence-corrected chi connectivity index (χ4v) is 7.52. The van der Waals surface area contributed by atoms with Crippen molar-refractivity contribution < 1.29 is 0 Å². The molecular weight excluding hydrogens is 266 g/mol. The predicted octanol–water partition coefficient (Wildman–Crippen LogP) is 5.15. The van der Waals surface area contributed by atoms with E-state index in [0.717, 1.165) is 11.8 Å². The molecule has 0 saturated heterocycles. The van der Waals surface area contributed by atoms with E-state index in [-0.39, 0.29) is 0 Å². The van der Waals surface area contributed by atoms with Gasteiger partial charge in [-0.05, 0) is 30.6 Å². The Morgan fingerprint density at radius 1 is 1.32 bits per heavy atom. The highest BCUT2D eigenvalue weighted by molar-refractivity contribution is 8.29. The van der Waals surface area contributed by atoms with Gasteiger partial charge in [0.15, 0.2) is 0 Å². The van der Waals surface area contributed by atoms with Gasteiger partial charge in [0, 0.05) is 12.8 Å². The smallest absolute Gasteiger partial charge is 0.108 e. The van der Waals surface area contributed by atoms with Crippen LogP contribution in [0, 0.1) is 6.92 Å². The molecule has 3 heteroatoms. The zero-order valence-electron chi connectivity index (χ0n) is 12.9. The van der Waals surface area contributed by atoms with E-state index >= 15 is 0 Å². The molecule has 19 heavy (non-hydrogen) atoms. The first-order valence-electron chi connectivity index (χ1n) is 7.11. The maximum absolute atomic E-state index is 4.53. The maximum atomic E-state index is 4.53. The van der Waals surface area contributed by atoms with E-state index in [1.807, 2.05) is 6.21 Å². The lowest BCUT2D eigenvalue weighted by molar-refractivity contribution is 0.743. The average Bonchev–Trinajstić information content (AvgIpc) is 2.26. The van der Waals surface area contributed by atoms with Crippen LogP contribution in [0.15, 0.2) is 29.3 Å². The third kappa shape index (κ3) is 8.27. The number of benzene rings is 1. The SMILES string of the molecule is Cc1cccc(C=NCCCC(C)S[Si](C)(C)C)c1. The molecule has 0 bridgehead atoms. The van der Waals surface area contributed by atoms with Gasteiger partial charge in [0.2, 0.25) is 0 Å². The summed E-state index contributed by atoms with van der Waals surface area (Å²) >= 11 is 2.20. The van der Waals surface area contributed by atoms with Gasteiger partial charge in [-0.3, -0.25) is 4.99 Å². The molecule has 1 unspecified atom stereocenters. The van der Waals surface area contributed by atoms with E-state index < -0.39 is 7.22 Å². The minimum atomic E-state index is -0.969. The topological polar surface area (TPSA) is 12.4 Å². The average molecular weight is 294 g/mol. The highest BCUT2D eigenvalue weighted by Gasteiger charge is 2.17. The van der Waals surface area contributed by atoms with Crippen molar-refractivity contribution in [2.45, 2.75) is 51.6 Å². The van der Waals surface area contributed by atoms with Gasteiger partial charge in [-0.15, -0.1) is 0 Å². The summed E-state index contributed by atoms with van der Waals surface area (Å²) in [6.45, 7) is 12.7. The van der Waals surface area contributed by atoms with Gasteiger partial charge < -0.3 is 0 Å². The molecule has 0 aliphatic carbocycles. The molecule has 0 amide bonds. The number of aryl methyl sites for hydroxylation is 1. The van der Waals surface area contributed by atoms with Gasteiger partial charge in [0.25, 0.3) is 0 Å². The molecular formula is C16H27NSSi.